The van der Waals surface area contributed by atoms with Crippen LogP contribution in [0, 0.1) is 6.92 Å². The minimum atomic E-state index is -1.01. The molecule has 132 valence electrons. The van der Waals surface area contributed by atoms with Crippen molar-refractivity contribution < 1.29 is 19.4 Å². The maximum Gasteiger partial charge on any atom is 0.345 e. The third kappa shape index (κ3) is 4.63. The van der Waals surface area contributed by atoms with Crippen LogP contribution in [0.5, 0.6) is 17.2 Å². The first kappa shape index (κ1) is 17.5. The Labute approximate surface area is 152 Å². The Bertz CT molecular complexity index is 857. The number of aryl methyl sites for hydroxylation is 1. The van der Waals surface area contributed by atoms with Gasteiger partial charge in [0, 0.05) is 6.42 Å². The molecule has 3 rings (SSSR count). The van der Waals surface area contributed by atoms with Crippen LogP contribution in [0.15, 0.2) is 78.9 Å². The van der Waals surface area contributed by atoms with Crippen molar-refractivity contribution in [1.29, 1.82) is 0 Å². The summed E-state index contributed by atoms with van der Waals surface area (Å²) in [7, 11) is 0. The van der Waals surface area contributed by atoms with Gasteiger partial charge in [-0.2, -0.15) is 0 Å². The second kappa shape index (κ2) is 8.21. The first-order chi connectivity index (χ1) is 12.6. The van der Waals surface area contributed by atoms with E-state index in [2.05, 4.69) is 0 Å². The van der Waals surface area contributed by atoms with Crippen LogP contribution in [0.25, 0.3) is 0 Å². The van der Waals surface area contributed by atoms with Gasteiger partial charge in [0.2, 0.25) is 0 Å². The summed E-state index contributed by atoms with van der Waals surface area (Å²) in [5, 5.41) is 9.57. The molecule has 3 aromatic carbocycles. The molecule has 0 aliphatic heterocycles. The SMILES string of the molecule is Cc1ccc(O[C@@H](Cc2ccccc2Oc2ccccc2)C(=O)O)cc1. The summed E-state index contributed by atoms with van der Waals surface area (Å²) in [4.78, 5) is 11.7. The van der Waals surface area contributed by atoms with Crippen molar-refractivity contribution in [2.24, 2.45) is 0 Å². The first-order valence-electron chi connectivity index (χ1n) is 8.39. The van der Waals surface area contributed by atoms with E-state index in [4.69, 9.17) is 9.47 Å². The van der Waals surface area contributed by atoms with E-state index in [0.29, 0.717) is 17.2 Å². The smallest absolute Gasteiger partial charge is 0.345 e. The van der Waals surface area contributed by atoms with Crippen LogP contribution in [0.4, 0.5) is 0 Å². The van der Waals surface area contributed by atoms with Gasteiger partial charge in [-0.3, -0.25) is 0 Å². The highest BCUT2D eigenvalue weighted by atomic mass is 16.5. The third-order valence-electron chi connectivity index (χ3n) is 3.92. The number of benzene rings is 3. The van der Waals surface area contributed by atoms with Gasteiger partial charge in [0.05, 0.1) is 0 Å². The van der Waals surface area contributed by atoms with E-state index in [1.165, 1.54) is 0 Å². The maximum atomic E-state index is 11.7. The molecule has 0 saturated heterocycles. The van der Waals surface area contributed by atoms with Gasteiger partial charge in [-0.25, -0.2) is 4.79 Å². The van der Waals surface area contributed by atoms with Gasteiger partial charge in [0.15, 0.2) is 6.10 Å². The summed E-state index contributed by atoms with van der Waals surface area (Å²) in [6.45, 7) is 1.97. The van der Waals surface area contributed by atoms with Crippen LogP contribution in [0.2, 0.25) is 0 Å². The Balaban J connectivity index is 1.79. The van der Waals surface area contributed by atoms with Crippen LogP contribution >= 0.6 is 0 Å². The summed E-state index contributed by atoms with van der Waals surface area (Å²) in [5.74, 6) is 0.841. The lowest BCUT2D eigenvalue weighted by Crippen LogP contribution is -2.29. The Kier molecular flexibility index (Phi) is 5.54. The van der Waals surface area contributed by atoms with Crippen LogP contribution in [0.3, 0.4) is 0 Å². The predicted octanol–water partition coefficient (Wildman–Crippen LogP) is 4.86. The molecule has 0 aliphatic rings. The van der Waals surface area contributed by atoms with Crippen molar-refractivity contribution in [3.8, 4) is 17.2 Å². The van der Waals surface area contributed by atoms with Crippen LogP contribution in [-0.2, 0) is 11.2 Å². The number of carboxylic acid groups (broad SMARTS) is 1. The zero-order chi connectivity index (χ0) is 18.4. The van der Waals surface area contributed by atoms with E-state index in [9.17, 15) is 9.90 Å². The lowest BCUT2D eigenvalue weighted by atomic mass is 10.1. The zero-order valence-corrected chi connectivity index (χ0v) is 14.5. The lowest BCUT2D eigenvalue weighted by Gasteiger charge is -2.17. The van der Waals surface area contributed by atoms with Gasteiger partial charge < -0.3 is 14.6 Å². The molecule has 0 bridgehead atoms. The Hall–Kier alpha value is -3.27. The van der Waals surface area contributed by atoms with Crippen molar-refractivity contribution in [2.75, 3.05) is 0 Å². The Morgan fingerprint density at radius 2 is 1.54 bits per heavy atom. The predicted molar refractivity (Wildman–Crippen MR) is 99.9 cm³/mol. The molecule has 0 saturated carbocycles. The number of para-hydroxylation sites is 2. The molecular formula is C22H20O4. The van der Waals surface area contributed by atoms with Crippen molar-refractivity contribution in [3.05, 3.63) is 90.0 Å². The maximum absolute atomic E-state index is 11.7. The largest absolute Gasteiger partial charge is 0.478 e. The van der Waals surface area contributed by atoms with Gasteiger partial charge in [-0.05, 0) is 42.8 Å². The molecule has 1 N–H and O–H groups in total. The summed E-state index contributed by atoms with van der Waals surface area (Å²) in [6, 6.07) is 24.1. The molecule has 0 heterocycles. The topological polar surface area (TPSA) is 55.8 Å². The van der Waals surface area contributed by atoms with Gasteiger partial charge in [0.1, 0.15) is 17.2 Å². The molecule has 0 fully saturated rings. The minimum absolute atomic E-state index is 0.201. The highest BCUT2D eigenvalue weighted by Crippen LogP contribution is 2.27. The van der Waals surface area contributed by atoms with Crippen molar-refractivity contribution >= 4 is 5.97 Å². The average molecular weight is 348 g/mol. The molecule has 0 radical (unpaired) electrons. The third-order valence-corrected chi connectivity index (χ3v) is 3.92. The van der Waals surface area contributed by atoms with Crippen molar-refractivity contribution in [3.63, 3.8) is 0 Å². The monoisotopic (exact) mass is 348 g/mol. The summed E-state index contributed by atoms with van der Waals surface area (Å²) < 4.78 is 11.6. The fourth-order valence-electron chi connectivity index (χ4n) is 2.55. The average Bonchev–Trinajstić information content (AvgIpc) is 2.65. The number of hydrogen-bond donors (Lipinski definition) is 1. The molecule has 0 aromatic heterocycles. The van der Waals surface area contributed by atoms with E-state index in [0.717, 1.165) is 11.1 Å². The van der Waals surface area contributed by atoms with Crippen LogP contribution in [0.1, 0.15) is 11.1 Å². The second-order valence-electron chi connectivity index (χ2n) is 5.98. The van der Waals surface area contributed by atoms with E-state index in [1.807, 2.05) is 73.7 Å². The molecule has 4 heteroatoms. The highest BCUT2D eigenvalue weighted by Gasteiger charge is 2.22. The molecule has 1 atom stereocenters. The van der Waals surface area contributed by atoms with E-state index in [1.54, 1.807) is 12.1 Å². The number of carboxylic acids is 1. The number of hydrogen-bond acceptors (Lipinski definition) is 3. The minimum Gasteiger partial charge on any atom is -0.478 e. The fraction of sp³-hybridized carbons (Fsp3) is 0.136. The highest BCUT2D eigenvalue weighted by molar-refractivity contribution is 5.73. The lowest BCUT2D eigenvalue weighted by molar-refractivity contribution is -0.145. The molecule has 0 unspecified atom stereocenters. The fourth-order valence-corrected chi connectivity index (χ4v) is 2.55. The molecule has 26 heavy (non-hydrogen) atoms. The molecule has 0 aliphatic carbocycles. The van der Waals surface area contributed by atoms with Crippen LogP contribution < -0.4 is 9.47 Å². The molecule has 0 amide bonds. The summed E-state index contributed by atoms with van der Waals surface area (Å²) >= 11 is 0. The quantitative estimate of drug-likeness (QED) is 0.662. The number of carbonyl (C=O) groups is 1. The molecule has 4 nitrogen and oxygen atoms in total. The number of ether oxygens (including phenoxy) is 2. The molecule has 3 aromatic rings. The zero-order valence-electron chi connectivity index (χ0n) is 14.5. The summed E-state index contributed by atoms with van der Waals surface area (Å²) in [5.41, 5.74) is 1.86. The van der Waals surface area contributed by atoms with Gasteiger partial charge in [-0.1, -0.05) is 54.1 Å². The Morgan fingerprint density at radius 1 is 0.885 bits per heavy atom. The van der Waals surface area contributed by atoms with Crippen molar-refractivity contribution in [2.45, 2.75) is 19.4 Å². The molecular weight excluding hydrogens is 328 g/mol. The van der Waals surface area contributed by atoms with Crippen LogP contribution in [-0.4, -0.2) is 17.2 Å². The summed E-state index contributed by atoms with van der Waals surface area (Å²) in [6.07, 6.45) is -0.801. The first-order valence-corrected chi connectivity index (χ1v) is 8.39. The second-order valence-corrected chi connectivity index (χ2v) is 5.98. The standard InChI is InChI=1S/C22H20O4/c1-16-11-13-19(14-12-16)26-21(22(23)24)15-17-7-5-6-10-20(17)25-18-8-3-2-4-9-18/h2-14,21H,15H2,1H3,(H,23,24)/t21-/m0/s1. The van der Waals surface area contributed by atoms with Gasteiger partial charge in [0.25, 0.3) is 0 Å². The van der Waals surface area contributed by atoms with E-state index >= 15 is 0 Å². The molecule has 0 spiro atoms. The van der Waals surface area contributed by atoms with E-state index in [-0.39, 0.29) is 6.42 Å². The van der Waals surface area contributed by atoms with E-state index < -0.39 is 12.1 Å². The van der Waals surface area contributed by atoms with Crippen molar-refractivity contribution in [1.82, 2.24) is 0 Å². The number of rotatable bonds is 7. The Morgan fingerprint density at radius 3 is 2.23 bits per heavy atom. The van der Waals surface area contributed by atoms with Gasteiger partial charge >= 0.3 is 5.97 Å². The number of aliphatic carboxylic acids is 1. The normalized spacial score (nSPS) is 11.6. The van der Waals surface area contributed by atoms with Gasteiger partial charge in [-0.15, -0.1) is 0 Å².